The molecule has 0 bridgehead atoms. The summed E-state index contributed by atoms with van der Waals surface area (Å²) in [6.07, 6.45) is 3.26. The average molecular weight is 386 g/mol. The van der Waals surface area contributed by atoms with Crippen LogP contribution in [-0.2, 0) is 0 Å². The van der Waals surface area contributed by atoms with E-state index in [0.717, 1.165) is 11.1 Å². The molecule has 6 nitrogen and oxygen atoms in total. The molecule has 0 spiro atoms. The van der Waals surface area contributed by atoms with Crippen LogP contribution in [0.2, 0.25) is 5.02 Å². The number of fused-ring (bicyclic) bond motifs is 1. The molecule has 0 radical (unpaired) electrons. The number of anilines is 2. The molecule has 1 N–H and O–H groups in total. The molecule has 0 amide bonds. The number of para-hydroxylation sites is 1. The van der Waals surface area contributed by atoms with Crippen molar-refractivity contribution in [3.8, 4) is 17.0 Å². The monoisotopic (exact) mass is 385 g/mol. The maximum absolute atomic E-state index is 12.3. The van der Waals surface area contributed by atoms with E-state index >= 15 is 0 Å². The Balaban J connectivity index is 1.71. The van der Waals surface area contributed by atoms with Gasteiger partial charge in [0, 0.05) is 17.0 Å². The first kappa shape index (κ1) is 16.6. The van der Waals surface area contributed by atoms with Gasteiger partial charge in [0.05, 0.1) is 35.3 Å². The minimum atomic E-state index is -0.482. The van der Waals surface area contributed by atoms with E-state index < -0.39 is 5.63 Å². The highest BCUT2D eigenvalue weighted by molar-refractivity contribution is 7.14. The van der Waals surface area contributed by atoms with Gasteiger partial charge in [-0.2, -0.15) is 0 Å². The van der Waals surface area contributed by atoms with Gasteiger partial charge >= 0.3 is 5.63 Å². The second kappa shape index (κ2) is 6.78. The van der Waals surface area contributed by atoms with E-state index in [2.05, 4.69) is 15.3 Å². The van der Waals surface area contributed by atoms with Crippen molar-refractivity contribution < 1.29 is 9.15 Å². The van der Waals surface area contributed by atoms with Gasteiger partial charge in [-0.1, -0.05) is 23.7 Å². The third kappa shape index (κ3) is 3.02. The van der Waals surface area contributed by atoms with Gasteiger partial charge in [-0.15, -0.1) is 11.3 Å². The number of benzene rings is 1. The van der Waals surface area contributed by atoms with Crippen LogP contribution in [0.5, 0.6) is 5.75 Å². The number of nitrogens with zero attached hydrogens (tertiary/aromatic N) is 2. The molecular weight excluding hydrogens is 374 g/mol. The first-order valence-corrected chi connectivity index (χ1v) is 8.85. The minimum absolute atomic E-state index is 0.373. The number of halogens is 1. The van der Waals surface area contributed by atoms with Crippen molar-refractivity contribution in [1.29, 1.82) is 0 Å². The number of nitrogens with one attached hydrogen (secondary N) is 1. The predicted octanol–water partition coefficient (Wildman–Crippen LogP) is 4.72. The number of aromatic nitrogens is 2. The molecule has 130 valence electrons. The summed E-state index contributed by atoms with van der Waals surface area (Å²) in [5, 5.41) is 6.72. The van der Waals surface area contributed by atoms with Crippen LogP contribution in [-0.4, -0.2) is 17.1 Å². The summed E-state index contributed by atoms with van der Waals surface area (Å²) < 4.78 is 10.6. The Labute approximate surface area is 157 Å². The van der Waals surface area contributed by atoms with Gasteiger partial charge in [0.2, 0.25) is 0 Å². The summed E-state index contributed by atoms with van der Waals surface area (Å²) in [6.45, 7) is 0. The SMILES string of the molecule is COc1cnccc1Nc1nc(-c2cc3cccc(Cl)c3oc2=O)cs1. The van der Waals surface area contributed by atoms with Crippen molar-refractivity contribution in [3.63, 3.8) is 0 Å². The zero-order valence-corrected chi connectivity index (χ0v) is 15.1. The standard InChI is InChI=1S/C18H12ClN3O3S/c1-24-15-8-20-6-5-13(15)21-18-22-14(9-26-18)11-7-10-3-2-4-12(19)16(10)25-17(11)23/h2-9H,1H3,(H,20,21,22). The van der Waals surface area contributed by atoms with Gasteiger partial charge in [0.15, 0.2) is 16.5 Å². The Morgan fingerprint density at radius 3 is 3.04 bits per heavy atom. The zero-order valence-electron chi connectivity index (χ0n) is 13.5. The largest absolute Gasteiger partial charge is 0.493 e. The molecule has 0 aliphatic carbocycles. The molecule has 4 rings (SSSR count). The molecule has 0 aliphatic heterocycles. The summed E-state index contributed by atoms with van der Waals surface area (Å²) in [5.74, 6) is 0.601. The lowest BCUT2D eigenvalue weighted by atomic mass is 10.1. The smallest absolute Gasteiger partial charge is 0.345 e. The maximum Gasteiger partial charge on any atom is 0.345 e. The van der Waals surface area contributed by atoms with E-state index in [1.165, 1.54) is 11.3 Å². The lowest BCUT2D eigenvalue weighted by Crippen LogP contribution is -2.03. The van der Waals surface area contributed by atoms with Crippen LogP contribution in [0, 0.1) is 0 Å². The van der Waals surface area contributed by atoms with Crippen molar-refractivity contribution in [2.45, 2.75) is 0 Å². The number of methoxy groups -OCH3 is 1. The van der Waals surface area contributed by atoms with Crippen molar-refractivity contribution in [2.75, 3.05) is 12.4 Å². The molecule has 3 aromatic heterocycles. The van der Waals surface area contributed by atoms with Gasteiger partial charge in [-0.3, -0.25) is 4.98 Å². The lowest BCUT2D eigenvalue weighted by molar-refractivity contribution is 0.415. The van der Waals surface area contributed by atoms with Gasteiger partial charge in [0.1, 0.15) is 0 Å². The molecule has 0 unspecified atom stereocenters. The van der Waals surface area contributed by atoms with E-state index in [1.54, 1.807) is 49.1 Å². The van der Waals surface area contributed by atoms with Gasteiger partial charge in [-0.25, -0.2) is 9.78 Å². The predicted molar refractivity (Wildman–Crippen MR) is 103 cm³/mol. The van der Waals surface area contributed by atoms with E-state index in [-0.39, 0.29) is 0 Å². The van der Waals surface area contributed by atoms with Crippen LogP contribution >= 0.6 is 22.9 Å². The van der Waals surface area contributed by atoms with E-state index in [4.69, 9.17) is 20.8 Å². The van der Waals surface area contributed by atoms with Crippen LogP contribution < -0.4 is 15.7 Å². The number of ether oxygens (including phenoxy) is 1. The highest BCUT2D eigenvalue weighted by Crippen LogP contribution is 2.31. The third-order valence-electron chi connectivity index (χ3n) is 3.74. The van der Waals surface area contributed by atoms with Crippen molar-refractivity contribution in [3.05, 3.63) is 63.5 Å². The number of hydrogen-bond donors (Lipinski definition) is 1. The molecule has 8 heteroatoms. The molecule has 1 aromatic carbocycles. The molecule has 0 aliphatic rings. The van der Waals surface area contributed by atoms with Crippen molar-refractivity contribution in [2.24, 2.45) is 0 Å². The fourth-order valence-electron chi connectivity index (χ4n) is 2.50. The first-order valence-electron chi connectivity index (χ1n) is 7.59. The fraction of sp³-hybridized carbons (Fsp3) is 0.0556. The summed E-state index contributed by atoms with van der Waals surface area (Å²) in [7, 11) is 1.57. The normalized spacial score (nSPS) is 10.8. The molecule has 4 aromatic rings. The average Bonchev–Trinajstić information content (AvgIpc) is 3.11. The number of thiazole rings is 1. The summed E-state index contributed by atoms with van der Waals surface area (Å²) in [4.78, 5) is 20.8. The molecule has 0 fully saturated rings. The Hall–Kier alpha value is -2.90. The van der Waals surface area contributed by atoms with Gasteiger partial charge < -0.3 is 14.5 Å². The number of pyridine rings is 1. The molecule has 0 atom stereocenters. The number of hydrogen-bond acceptors (Lipinski definition) is 7. The quantitative estimate of drug-likeness (QED) is 0.512. The molecule has 3 heterocycles. The summed E-state index contributed by atoms with van der Waals surface area (Å²) in [6, 6.07) is 8.84. The highest BCUT2D eigenvalue weighted by Gasteiger charge is 2.13. The second-order valence-electron chi connectivity index (χ2n) is 5.34. The molecular formula is C18H12ClN3O3S. The van der Waals surface area contributed by atoms with Crippen LogP contribution in [0.25, 0.3) is 22.2 Å². The lowest BCUT2D eigenvalue weighted by Gasteiger charge is -2.07. The Morgan fingerprint density at radius 1 is 1.31 bits per heavy atom. The van der Waals surface area contributed by atoms with Crippen molar-refractivity contribution in [1.82, 2.24) is 9.97 Å². The van der Waals surface area contributed by atoms with Crippen LogP contribution in [0.15, 0.2) is 57.3 Å². The summed E-state index contributed by atoms with van der Waals surface area (Å²) >= 11 is 7.45. The Bertz CT molecular complexity index is 1160. The molecule has 26 heavy (non-hydrogen) atoms. The van der Waals surface area contributed by atoms with Gasteiger partial charge in [0.25, 0.3) is 0 Å². The molecule has 0 saturated carbocycles. The van der Waals surface area contributed by atoms with E-state index in [1.807, 2.05) is 6.07 Å². The Morgan fingerprint density at radius 2 is 2.19 bits per heavy atom. The minimum Gasteiger partial charge on any atom is -0.493 e. The second-order valence-corrected chi connectivity index (χ2v) is 6.61. The van der Waals surface area contributed by atoms with E-state index in [9.17, 15) is 4.79 Å². The van der Waals surface area contributed by atoms with Gasteiger partial charge in [-0.05, 0) is 18.2 Å². The van der Waals surface area contributed by atoms with Crippen molar-refractivity contribution >= 4 is 44.7 Å². The maximum atomic E-state index is 12.3. The summed E-state index contributed by atoms with van der Waals surface area (Å²) in [5.41, 5.74) is 1.54. The fourth-order valence-corrected chi connectivity index (χ4v) is 3.45. The zero-order chi connectivity index (χ0) is 18.1. The Kier molecular flexibility index (Phi) is 4.32. The first-order chi connectivity index (χ1) is 12.7. The number of rotatable bonds is 4. The highest BCUT2D eigenvalue weighted by atomic mass is 35.5. The van der Waals surface area contributed by atoms with Crippen LogP contribution in [0.1, 0.15) is 0 Å². The topological polar surface area (TPSA) is 77.2 Å². The third-order valence-corrected chi connectivity index (χ3v) is 4.79. The van der Waals surface area contributed by atoms with E-state index in [0.29, 0.717) is 32.7 Å². The van der Waals surface area contributed by atoms with Crippen LogP contribution in [0.3, 0.4) is 0 Å². The van der Waals surface area contributed by atoms with Crippen LogP contribution in [0.4, 0.5) is 10.8 Å². The molecule has 0 saturated heterocycles.